The molecule has 0 aromatic carbocycles. The molecule has 0 aliphatic carbocycles. The van der Waals surface area contributed by atoms with Crippen LogP contribution in [0.2, 0.25) is 0 Å². The van der Waals surface area contributed by atoms with Gasteiger partial charge in [0.25, 0.3) is 0 Å². The molecule has 0 saturated heterocycles. The summed E-state index contributed by atoms with van der Waals surface area (Å²) in [5, 5.41) is 2.64. The largest absolute Gasteiger partial charge is 0.467 e. The Morgan fingerprint density at radius 1 is 1.53 bits per heavy atom. The highest BCUT2D eigenvalue weighted by Gasteiger charge is 2.23. The van der Waals surface area contributed by atoms with Crippen LogP contribution in [0.15, 0.2) is 12.5 Å². The number of imidazole rings is 1. The number of nitrogens with zero attached hydrogens (tertiary/aromatic N) is 1. The van der Waals surface area contributed by atoms with Gasteiger partial charge in [0.15, 0.2) is 0 Å². The third-order valence-electron chi connectivity index (χ3n) is 2.31. The zero-order valence-electron chi connectivity index (χ0n) is 10.2. The maximum absolute atomic E-state index is 11.6. The molecule has 0 spiro atoms. The first kappa shape index (κ1) is 13.2. The van der Waals surface area contributed by atoms with Crippen LogP contribution in [0.25, 0.3) is 0 Å². The lowest BCUT2D eigenvalue weighted by Gasteiger charge is -2.17. The monoisotopic (exact) mass is 239 g/mol. The van der Waals surface area contributed by atoms with Gasteiger partial charge in [-0.1, -0.05) is 13.8 Å². The zero-order valence-corrected chi connectivity index (χ0v) is 10.2. The summed E-state index contributed by atoms with van der Waals surface area (Å²) < 4.78 is 4.65. The normalized spacial score (nSPS) is 12.2. The standard InChI is InChI=1S/C11H17N3O3/c1-7(2)10(15)14-9(11(16)17-3)4-8-5-12-6-13-8/h5-7,9H,4H2,1-3H3,(H,12,13)(H,14,15)/t9-/m0/s1. The molecule has 0 bridgehead atoms. The van der Waals surface area contributed by atoms with Gasteiger partial charge < -0.3 is 15.0 Å². The molecule has 1 atom stereocenters. The van der Waals surface area contributed by atoms with Gasteiger partial charge in [0.05, 0.1) is 13.4 Å². The molecule has 6 heteroatoms. The molecule has 0 unspecified atom stereocenters. The third kappa shape index (κ3) is 3.90. The SMILES string of the molecule is COC(=O)[C@H](Cc1cnc[nH]1)NC(=O)C(C)C. The van der Waals surface area contributed by atoms with E-state index in [2.05, 4.69) is 20.0 Å². The number of methoxy groups -OCH3 is 1. The molecule has 1 rings (SSSR count). The Morgan fingerprint density at radius 2 is 2.24 bits per heavy atom. The van der Waals surface area contributed by atoms with Crippen molar-refractivity contribution in [1.82, 2.24) is 15.3 Å². The first-order chi connectivity index (χ1) is 8.04. The molecule has 17 heavy (non-hydrogen) atoms. The van der Waals surface area contributed by atoms with Crippen LogP contribution >= 0.6 is 0 Å². The number of hydrogen-bond donors (Lipinski definition) is 2. The Morgan fingerprint density at radius 3 is 2.71 bits per heavy atom. The smallest absolute Gasteiger partial charge is 0.328 e. The lowest BCUT2D eigenvalue weighted by atomic mass is 10.1. The number of hydrogen-bond acceptors (Lipinski definition) is 4. The van der Waals surface area contributed by atoms with Crippen molar-refractivity contribution in [3.8, 4) is 0 Å². The highest BCUT2D eigenvalue weighted by molar-refractivity contribution is 5.85. The number of H-pyrrole nitrogens is 1. The van der Waals surface area contributed by atoms with Crippen molar-refractivity contribution < 1.29 is 14.3 Å². The fourth-order valence-corrected chi connectivity index (χ4v) is 1.29. The predicted octanol–water partition coefficient (Wildman–Crippen LogP) is 0.266. The summed E-state index contributed by atoms with van der Waals surface area (Å²) in [6.45, 7) is 3.53. The van der Waals surface area contributed by atoms with Crippen LogP contribution in [0.1, 0.15) is 19.5 Å². The Kier molecular flexibility index (Phi) is 4.68. The second-order valence-corrected chi connectivity index (χ2v) is 4.02. The van der Waals surface area contributed by atoms with Gasteiger partial charge in [-0.3, -0.25) is 4.79 Å². The van der Waals surface area contributed by atoms with Crippen molar-refractivity contribution in [1.29, 1.82) is 0 Å². The van der Waals surface area contributed by atoms with E-state index in [1.165, 1.54) is 13.4 Å². The fourth-order valence-electron chi connectivity index (χ4n) is 1.29. The highest BCUT2D eigenvalue weighted by Crippen LogP contribution is 2.02. The molecular weight excluding hydrogens is 222 g/mol. The molecule has 1 aromatic rings. The Bertz CT molecular complexity index is 373. The second kappa shape index (κ2) is 6.03. The van der Waals surface area contributed by atoms with Crippen molar-refractivity contribution in [2.24, 2.45) is 5.92 Å². The van der Waals surface area contributed by atoms with Crippen LogP contribution in [-0.2, 0) is 20.7 Å². The van der Waals surface area contributed by atoms with Crippen LogP contribution in [0.5, 0.6) is 0 Å². The van der Waals surface area contributed by atoms with Crippen molar-refractivity contribution >= 4 is 11.9 Å². The number of nitrogens with one attached hydrogen (secondary N) is 2. The first-order valence-electron chi connectivity index (χ1n) is 5.40. The third-order valence-corrected chi connectivity index (χ3v) is 2.31. The van der Waals surface area contributed by atoms with E-state index in [1.807, 2.05) is 0 Å². The van der Waals surface area contributed by atoms with Gasteiger partial charge in [-0.2, -0.15) is 0 Å². The van der Waals surface area contributed by atoms with E-state index in [0.717, 1.165) is 5.69 Å². The second-order valence-electron chi connectivity index (χ2n) is 4.02. The molecular formula is C11H17N3O3. The molecule has 0 aliphatic rings. The zero-order chi connectivity index (χ0) is 12.8. The Hall–Kier alpha value is -1.85. The number of amides is 1. The number of carbonyl (C=O) groups excluding carboxylic acids is 2. The summed E-state index contributed by atoms with van der Waals surface area (Å²) in [7, 11) is 1.30. The molecule has 2 N–H and O–H groups in total. The van der Waals surface area contributed by atoms with E-state index in [0.29, 0.717) is 6.42 Å². The highest BCUT2D eigenvalue weighted by atomic mass is 16.5. The summed E-state index contributed by atoms with van der Waals surface area (Å²) >= 11 is 0. The van der Waals surface area contributed by atoms with Crippen LogP contribution in [-0.4, -0.2) is 35.0 Å². The van der Waals surface area contributed by atoms with E-state index in [1.54, 1.807) is 20.0 Å². The van der Waals surface area contributed by atoms with Crippen molar-refractivity contribution in [2.75, 3.05) is 7.11 Å². The minimum absolute atomic E-state index is 0.177. The first-order valence-corrected chi connectivity index (χ1v) is 5.40. The minimum atomic E-state index is -0.685. The van der Waals surface area contributed by atoms with E-state index in [-0.39, 0.29) is 11.8 Å². The summed E-state index contributed by atoms with van der Waals surface area (Å²) in [5.74, 6) is -0.822. The van der Waals surface area contributed by atoms with Crippen LogP contribution < -0.4 is 5.32 Å². The molecule has 1 heterocycles. The van der Waals surface area contributed by atoms with Crippen molar-refractivity contribution in [3.05, 3.63) is 18.2 Å². The van der Waals surface area contributed by atoms with Gasteiger partial charge in [0, 0.05) is 24.2 Å². The fraction of sp³-hybridized carbons (Fsp3) is 0.545. The van der Waals surface area contributed by atoms with Gasteiger partial charge in [-0.05, 0) is 0 Å². The number of ether oxygens (including phenoxy) is 1. The molecule has 94 valence electrons. The molecule has 0 saturated carbocycles. The summed E-state index contributed by atoms with van der Waals surface area (Å²) in [4.78, 5) is 29.8. The van der Waals surface area contributed by atoms with Crippen LogP contribution in [0.4, 0.5) is 0 Å². The van der Waals surface area contributed by atoms with E-state index < -0.39 is 12.0 Å². The van der Waals surface area contributed by atoms with E-state index in [4.69, 9.17) is 0 Å². The van der Waals surface area contributed by atoms with Gasteiger partial charge in [-0.25, -0.2) is 9.78 Å². The van der Waals surface area contributed by atoms with Crippen LogP contribution in [0.3, 0.4) is 0 Å². The summed E-state index contributed by atoms with van der Waals surface area (Å²) in [6.07, 6.45) is 3.47. The van der Waals surface area contributed by atoms with Crippen LogP contribution in [0, 0.1) is 5.92 Å². The molecule has 1 amide bonds. The Balaban J connectivity index is 2.67. The lowest BCUT2D eigenvalue weighted by Crippen LogP contribution is -2.44. The van der Waals surface area contributed by atoms with Gasteiger partial charge >= 0.3 is 5.97 Å². The van der Waals surface area contributed by atoms with E-state index >= 15 is 0 Å². The Labute approximate surface area is 99.8 Å². The topological polar surface area (TPSA) is 84.1 Å². The van der Waals surface area contributed by atoms with Gasteiger partial charge in [0.1, 0.15) is 6.04 Å². The predicted molar refractivity (Wildman–Crippen MR) is 61.1 cm³/mol. The maximum atomic E-state index is 11.6. The quantitative estimate of drug-likeness (QED) is 0.722. The minimum Gasteiger partial charge on any atom is -0.467 e. The average molecular weight is 239 g/mol. The molecule has 0 fully saturated rings. The molecule has 0 aliphatic heterocycles. The molecule has 1 aromatic heterocycles. The number of esters is 1. The van der Waals surface area contributed by atoms with Gasteiger partial charge in [0.2, 0.25) is 5.91 Å². The lowest BCUT2D eigenvalue weighted by molar-refractivity contribution is -0.145. The number of carbonyl (C=O) groups is 2. The number of rotatable bonds is 5. The maximum Gasteiger partial charge on any atom is 0.328 e. The summed E-state index contributed by atoms with van der Waals surface area (Å²) in [5.41, 5.74) is 0.768. The van der Waals surface area contributed by atoms with Crippen molar-refractivity contribution in [3.63, 3.8) is 0 Å². The number of aromatic amines is 1. The van der Waals surface area contributed by atoms with Gasteiger partial charge in [-0.15, -0.1) is 0 Å². The average Bonchev–Trinajstić information content (AvgIpc) is 2.79. The molecule has 6 nitrogen and oxygen atoms in total. The molecule has 0 radical (unpaired) electrons. The number of aromatic nitrogens is 2. The van der Waals surface area contributed by atoms with E-state index in [9.17, 15) is 9.59 Å². The summed E-state index contributed by atoms with van der Waals surface area (Å²) in [6, 6.07) is -0.685. The van der Waals surface area contributed by atoms with Crippen molar-refractivity contribution in [2.45, 2.75) is 26.3 Å².